The van der Waals surface area contributed by atoms with Gasteiger partial charge in [-0.1, -0.05) is 0 Å². The quantitative estimate of drug-likeness (QED) is 0.575. The Balaban J connectivity index is 1.88. The first kappa shape index (κ1) is 23.8. The van der Waals surface area contributed by atoms with E-state index in [1.807, 2.05) is 0 Å². The molecule has 1 aliphatic heterocycles. The Morgan fingerprint density at radius 2 is 1.63 bits per heavy atom. The third-order valence-electron chi connectivity index (χ3n) is 4.76. The van der Waals surface area contributed by atoms with Crippen molar-refractivity contribution in [2.45, 2.75) is 38.0 Å². The molecule has 1 aromatic carbocycles. The van der Waals surface area contributed by atoms with Crippen molar-refractivity contribution in [3.63, 3.8) is 0 Å². The van der Waals surface area contributed by atoms with Crippen LogP contribution in [0.4, 0.5) is 0 Å². The number of esters is 2. The molecule has 1 heterocycles. The summed E-state index contributed by atoms with van der Waals surface area (Å²) >= 11 is 0. The van der Waals surface area contributed by atoms with Gasteiger partial charge in [-0.05, 0) is 51.0 Å². The Morgan fingerprint density at radius 1 is 1.03 bits per heavy atom. The molecule has 1 N–H and O–H groups in total. The van der Waals surface area contributed by atoms with Crippen LogP contribution in [-0.2, 0) is 29.1 Å². The predicted molar refractivity (Wildman–Crippen MR) is 108 cm³/mol. The van der Waals surface area contributed by atoms with Crippen LogP contribution in [0.25, 0.3) is 0 Å². The van der Waals surface area contributed by atoms with Crippen LogP contribution in [-0.4, -0.2) is 63.4 Å². The number of nitrogens with one attached hydrogen (secondary N) is 1. The van der Waals surface area contributed by atoms with Crippen LogP contribution in [0.2, 0.25) is 0 Å². The number of carbonyl (C=O) groups is 3. The van der Waals surface area contributed by atoms with E-state index >= 15 is 0 Å². The average molecular weight is 441 g/mol. The number of rotatable bonds is 9. The van der Waals surface area contributed by atoms with Gasteiger partial charge in [0.05, 0.1) is 30.1 Å². The third-order valence-corrected chi connectivity index (χ3v) is 6.67. The number of benzene rings is 1. The Hall–Kier alpha value is -2.46. The first-order valence-corrected chi connectivity index (χ1v) is 11.4. The number of carbonyl (C=O) groups excluding carboxylic acids is 3. The Kier molecular flexibility index (Phi) is 8.79. The van der Waals surface area contributed by atoms with E-state index in [1.54, 1.807) is 13.8 Å². The molecule has 1 fully saturated rings. The van der Waals surface area contributed by atoms with Crippen molar-refractivity contribution in [2.24, 2.45) is 5.92 Å². The maximum absolute atomic E-state index is 12.8. The second kappa shape index (κ2) is 11.1. The van der Waals surface area contributed by atoms with Gasteiger partial charge >= 0.3 is 11.9 Å². The zero-order valence-electron chi connectivity index (χ0n) is 17.3. The number of piperidine rings is 1. The van der Waals surface area contributed by atoms with E-state index in [-0.39, 0.29) is 60.9 Å². The Bertz CT molecular complexity index is 844. The lowest BCUT2D eigenvalue weighted by Crippen LogP contribution is -2.43. The van der Waals surface area contributed by atoms with Gasteiger partial charge in [-0.15, -0.1) is 0 Å². The third kappa shape index (κ3) is 6.27. The highest BCUT2D eigenvalue weighted by molar-refractivity contribution is 7.89. The lowest BCUT2D eigenvalue weighted by atomic mass is 9.97. The molecule has 0 unspecified atom stereocenters. The highest BCUT2D eigenvalue weighted by Gasteiger charge is 2.32. The fraction of sp³-hybridized carbons (Fsp3) is 0.550. The van der Waals surface area contributed by atoms with Crippen LogP contribution in [0, 0.1) is 5.92 Å². The summed E-state index contributed by atoms with van der Waals surface area (Å²) < 4.78 is 36.7. The first-order valence-electron chi connectivity index (χ1n) is 10.00. The van der Waals surface area contributed by atoms with Crippen LogP contribution in [0.15, 0.2) is 29.2 Å². The van der Waals surface area contributed by atoms with E-state index in [0.717, 1.165) is 0 Å². The fourth-order valence-corrected chi connectivity index (χ4v) is 4.62. The van der Waals surface area contributed by atoms with Gasteiger partial charge in [-0.2, -0.15) is 4.31 Å². The van der Waals surface area contributed by atoms with E-state index in [4.69, 9.17) is 9.47 Å². The molecule has 166 valence electrons. The van der Waals surface area contributed by atoms with Crippen molar-refractivity contribution in [3.05, 3.63) is 29.8 Å². The van der Waals surface area contributed by atoms with Gasteiger partial charge in [-0.3, -0.25) is 9.59 Å². The molecule has 0 aromatic heterocycles. The molecule has 0 radical (unpaired) electrons. The summed E-state index contributed by atoms with van der Waals surface area (Å²) in [5, 5.41) is 2.70. The molecule has 1 aliphatic rings. The van der Waals surface area contributed by atoms with Crippen molar-refractivity contribution < 1.29 is 32.3 Å². The van der Waals surface area contributed by atoms with Crippen LogP contribution < -0.4 is 5.32 Å². The monoisotopic (exact) mass is 440 g/mol. The number of hydrogen-bond acceptors (Lipinski definition) is 7. The van der Waals surface area contributed by atoms with E-state index in [9.17, 15) is 22.8 Å². The number of nitrogens with zero attached hydrogens (tertiary/aromatic N) is 1. The van der Waals surface area contributed by atoms with Crippen LogP contribution >= 0.6 is 0 Å². The SMILES string of the molecule is CCOC(=O)CCNC(=O)C1CCN(S(=O)(=O)c2ccc(C(=O)OCC)cc2)CC1. The molecule has 30 heavy (non-hydrogen) atoms. The molecular formula is C20H28N2O7S. The molecule has 2 rings (SSSR count). The summed E-state index contributed by atoms with van der Waals surface area (Å²) in [6.45, 7) is 4.59. The zero-order chi connectivity index (χ0) is 22.1. The fourth-order valence-electron chi connectivity index (χ4n) is 3.15. The topological polar surface area (TPSA) is 119 Å². The molecule has 1 saturated heterocycles. The Morgan fingerprint density at radius 3 is 2.20 bits per heavy atom. The summed E-state index contributed by atoms with van der Waals surface area (Å²) in [6, 6.07) is 5.62. The smallest absolute Gasteiger partial charge is 0.338 e. The van der Waals surface area contributed by atoms with Gasteiger partial charge < -0.3 is 14.8 Å². The number of amides is 1. The molecule has 0 aliphatic carbocycles. The van der Waals surface area contributed by atoms with Crippen molar-refractivity contribution in [1.82, 2.24) is 9.62 Å². The standard InChI is InChI=1S/C20H28N2O7S/c1-3-28-18(23)9-12-21-19(24)15-10-13-22(14-11-15)30(26,27)17-7-5-16(6-8-17)20(25)29-4-2/h5-8,15H,3-4,9-14H2,1-2H3,(H,21,24). The molecular weight excluding hydrogens is 412 g/mol. The Labute approximate surface area is 176 Å². The van der Waals surface area contributed by atoms with Crippen LogP contribution in [0.5, 0.6) is 0 Å². The zero-order valence-corrected chi connectivity index (χ0v) is 18.1. The number of sulfonamides is 1. The summed E-state index contributed by atoms with van der Waals surface area (Å²) in [4.78, 5) is 35.3. The molecule has 0 saturated carbocycles. The van der Waals surface area contributed by atoms with Gasteiger partial charge in [0.25, 0.3) is 0 Å². The highest BCUT2D eigenvalue weighted by atomic mass is 32.2. The van der Waals surface area contributed by atoms with Gasteiger partial charge in [0.1, 0.15) is 0 Å². The molecule has 10 heteroatoms. The molecule has 0 bridgehead atoms. The van der Waals surface area contributed by atoms with Crippen LogP contribution in [0.3, 0.4) is 0 Å². The second-order valence-corrected chi connectivity index (χ2v) is 8.71. The molecule has 0 atom stereocenters. The van der Waals surface area contributed by atoms with Gasteiger partial charge in [-0.25, -0.2) is 13.2 Å². The average Bonchev–Trinajstić information content (AvgIpc) is 2.74. The van der Waals surface area contributed by atoms with E-state index in [0.29, 0.717) is 19.4 Å². The maximum Gasteiger partial charge on any atom is 0.338 e. The van der Waals surface area contributed by atoms with Crippen molar-refractivity contribution in [2.75, 3.05) is 32.8 Å². The minimum atomic E-state index is -3.71. The summed E-state index contributed by atoms with van der Waals surface area (Å²) in [5.41, 5.74) is 0.286. The first-order chi connectivity index (χ1) is 14.3. The van der Waals surface area contributed by atoms with Crippen molar-refractivity contribution in [1.29, 1.82) is 0 Å². The maximum atomic E-state index is 12.8. The largest absolute Gasteiger partial charge is 0.466 e. The molecule has 1 aromatic rings. The number of ether oxygens (including phenoxy) is 2. The molecule has 0 spiro atoms. The van der Waals surface area contributed by atoms with Crippen LogP contribution in [0.1, 0.15) is 43.5 Å². The minimum absolute atomic E-state index is 0.0906. The van der Waals surface area contributed by atoms with Gasteiger partial charge in [0, 0.05) is 25.6 Å². The van der Waals surface area contributed by atoms with E-state index < -0.39 is 16.0 Å². The summed E-state index contributed by atoms with van der Waals surface area (Å²) in [6.07, 6.45) is 0.894. The lowest BCUT2D eigenvalue weighted by Gasteiger charge is -2.30. The minimum Gasteiger partial charge on any atom is -0.466 e. The number of hydrogen-bond donors (Lipinski definition) is 1. The van der Waals surface area contributed by atoms with Gasteiger partial charge in [0.15, 0.2) is 0 Å². The predicted octanol–water partition coefficient (Wildman–Crippen LogP) is 1.33. The van der Waals surface area contributed by atoms with Crippen molar-refractivity contribution >= 4 is 27.9 Å². The second-order valence-electron chi connectivity index (χ2n) is 6.77. The van der Waals surface area contributed by atoms with Gasteiger partial charge in [0.2, 0.25) is 15.9 Å². The summed E-state index contributed by atoms with van der Waals surface area (Å²) in [7, 11) is -3.71. The van der Waals surface area contributed by atoms with Crippen molar-refractivity contribution in [3.8, 4) is 0 Å². The molecule has 1 amide bonds. The lowest BCUT2D eigenvalue weighted by molar-refractivity contribution is -0.143. The highest BCUT2D eigenvalue weighted by Crippen LogP contribution is 2.24. The normalized spacial score (nSPS) is 15.4. The van der Waals surface area contributed by atoms with E-state index in [2.05, 4.69) is 5.32 Å². The van der Waals surface area contributed by atoms with E-state index in [1.165, 1.54) is 28.6 Å². The summed E-state index contributed by atoms with van der Waals surface area (Å²) in [5.74, 6) is -1.36. The molecule has 9 nitrogen and oxygen atoms in total.